The van der Waals surface area contributed by atoms with E-state index in [0.29, 0.717) is 24.9 Å². The van der Waals surface area contributed by atoms with Gasteiger partial charge in [0.2, 0.25) is 5.91 Å². The molecule has 5 nitrogen and oxygen atoms in total. The van der Waals surface area contributed by atoms with Crippen molar-refractivity contribution < 1.29 is 19.1 Å². The summed E-state index contributed by atoms with van der Waals surface area (Å²) in [4.78, 5) is 25.1. The number of hydrogen-bond donors (Lipinski definition) is 2. The van der Waals surface area contributed by atoms with Gasteiger partial charge in [0.05, 0.1) is 11.6 Å². The molecular weight excluding hydrogens is 311 g/mol. The van der Waals surface area contributed by atoms with Crippen LogP contribution in [0.4, 0.5) is 4.39 Å². The lowest BCUT2D eigenvalue weighted by molar-refractivity contribution is -0.150. The number of benzene rings is 1. The zero-order chi connectivity index (χ0) is 16.3. The van der Waals surface area contributed by atoms with E-state index >= 15 is 0 Å². The molecule has 2 N–H and O–H groups in total. The number of nitrogens with zero attached hydrogens (tertiary/aromatic N) is 1. The fourth-order valence-electron chi connectivity index (χ4n) is 2.49. The van der Waals surface area contributed by atoms with Crippen LogP contribution in [0.15, 0.2) is 18.2 Å². The van der Waals surface area contributed by atoms with E-state index in [1.54, 1.807) is 0 Å². The van der Waals surface area contributed by atoms with Crippen LogP contribution >= 0.6 is 11.6 Å². The van der Waals surface area contributed by atoms with Gasteiger partial charge in [0, 0.05) is 20.0 Å². The van der Waals surface area contributed by atoms with Crippen LogP contribution in [0.3, 0.4) is 0 Å². The Morgan fingerprint density at radius 1 is 1.50 bits per heavy atom. The summed E-state index contributed by atoms with van der Waals surface area (Å²) in [7, 11) is 0. The highest BCUT2D eigenvalue weighted by molar-refractivity contribution is 6.30. The molecule has 0 unspecified atom stereocenters. The minimum absolute atomic E-state index is 0.0155. The Bertz CT molecular complexity index is 596. The van der Waals surface area contributed by atoms with E-state index in [0.717, 1.165) is 0 Å². The van der Waals surface area contributed by atoms with Crippen LogP contribution in [0.1, 0.15) is 25.3 Å². The van der Waals surface area contributed by atoms with Crippen LogP contribution in [0.25, 0.3) is 0 Å². The fraction of sp³-hybridized carbons (Fsp3) is 0.467. The monoisotopic (exact) mass is 328 g/mol. The van der Waals surface area contributed by atoms with Gasteiger partial charge in [0.1, 0.15) is 5.82 Å². The van der Waals surface area contributed by atoms with Gasteiger partial charge >= 0.3 is 0 Å². The molecule has 0 spiro atoms. The van der Waals surface area contributed by atoms with Crippen LogP contribution < -0.4 is 5.32 Å². The molecule has 1 heterocycles. The Kier molecular flexibility index (Phi) is 5.03. The first-order chi connectivity index (χ1) is 10.3. The number of carbonyl (C=O) groups is 2. The van der Waals surface area contributed by atoms with Gasteiger partial charge in [-0.15, -0.1) is 0 Å². The van der Waals surface area contributed by atoms with Crippen LogP contribution in [-0.2, 0) is 16.1 Å². The van der Waals surface area contributed by atoms with Crippen molar-refractivity contribution >= 4 is 23.4 Å². The molecule has 1 aromatic carbocycles. The molecule has 2 rings (SSSR count). The first-order valence-corrected chi connectivity index (χ1v) is 7.40. The number of carbonyl (C=O) groups excluding carboxylic acids is 2. The SMILES string of the molecule is CC(=O)N1CCC[C@@](O)(C(=O)NCc2ccc(F)c(Cl)c2)C1. The summed E-state index contributed by atoms with van der Waals surface area (Å²) in [6.07, 6.45) is 0.860. The molecule has 1 fully saturated rings. The molecule has 0 aromatic heterocycles. The molecule has 0 radical (unpaired) electrons. The maximum Gasteiger partial charge on any atom is 0.254 e. The Morgan fingerprint density at radius 2 is 2.23 bits per heavy atom. The number of piperidine rings is 1. The number of rotatable bonds is 3. The molecule has 120 valence electrons. The van der Waals surface area contributed by atoms with Crippen molar-refractivity contribution in [3.8, 4) is 0 Å². The Balaban J connectivity index is 1.98. The van der Waals surface area contributed by atoms with Crippen LogP contribution in [0, 0.1) is 5.82 Å². The van der Waals surface area contributed by atoms with Crippen molar-refractivity contribution in [2.75, 3.05) is 13.1 Å². The lowest BCUT2D eigenvalue weighted by Crippen LogP contribution is -2.57. The zero-order valence-electron chi connectivity index (χ0n) is 12.2. The third kappa shape index (κ3) is 3.75. The maximum absolute atomic E-state index is 13.1. The van der Waals surface area contributed by atoms with E-state index < -0.39 is 17.3 Å². The molecule has 1 aliphatic heterocycles. The summed E-state index contributed by atoms with van der Waals surface area (Å²) >= 11 is 5.68. The van der Waals surface area contributed by atoms with Crippen molar-refractivity contribution in [3.63, 3.8) is 0 Å². The number of amides is 2. The van der Waals surface area contributed by atoms with Gasteiger partial charge in [0.15, 0.2) is 5.60 Å². The summed E-state index contributed by atoms with van der Waals surface area (Å²) in [6.45, 7) is 2.06. The summed E-state index contributed by atoms with van der Waals surface area (Å²) in [5.41, 5.74) is -0.962. The Labute approximate surface area is 133 Å². The van der Waals surface area contributed by atoms with Crippen LogP contribution in [0.5, 0.6) is 0 Å². The first kappa shape index (κ1) is 16.7. The van der Waals surface area contributed by atoms with Gasteiger partial charge in [-0.25, -0.2) is 4.39 Å². The third-order valence-corrected chi connectivity index (χ3v) is 4.07. The van der Waals surface area contributed by atoms with Gasteiger partial charge < -0.3 is 15.3 Å². The van der Waals surface area contributed by atoms with Crippen molar-refractivity contribution in [2.24, 2.45) is 0 Å². The zero-order valence-corrected chi connectivity index (χ0v) is 13.0. The fourth-order valence-corrected chi connectivity index (χ4v) is 2.69. The summed E-state index contributed by atoms with van der Waals surface area (Å²) in [5.74, 6) is -1.24. The van der Waals surface area contributed by atoms with Crippen molar-refractivity contribution in [1.29, 1.82) is 0 Å². The highest BCUT2D eigenvalue weighted by Crippen LogP contribution is 2.22. The van der Waals surface area contributed by atoms with Crippen molar-refractivity contribution in [1.82, 2.24) is 10.2 Å². The van der Waals surface area contributed by atoms with Gasteiger partial charge in [-0.1, -0.05) is 17.7 Å². The van der Waals surface area contributed by atoms with E-state index in [4.69, 9.17) is 11.6 Å². The van der Waals surface area contributed by atoms with Crippen LogP contribution in [0.2, 0.25) is 5.02 Å². The van der Waals surface area contributed by atoms with Gasteiger partial charge in [-0.3, -0.25) is 9.59 Å². The second-order valence-electron chi connectivity index (χ2n) is 5.51. The van der Waals surface area contributed by atoms with Crippen molar-refractivity contribution in [3.05, 3.63) is 34.6 Å². The predicted molar refractivity (Wildman–Crippen MR) is 79.7 cm³/mol. The Morgan fingerprint density at radius 3 is 2.86 bits per heavy atom. The topological polar surface area (TPSA) is 69.6 Å². The van der Waals surface area contributed by atoms with Gasteiger partial charge in [-0.05, 0) is 30.5 Å². The van der Waals surface area contributed by atoms with E-state index in [9.17, 15) is 19.1 Å². The highest BCUT2D eigenvalue weighted by Gasteiger charge is 2.40. The van der Waals surface area contributed by atoms with E-state index in [-0.39, 0.29) is 24.0 Å². The minimum atomic E-state index is -1.59. The second-order valence-corrected chi connectivity index (χ2v) is 5.91. The van der Waals surface area contributed by atoms with Crippen molar-refractivity contribution in [2.45, 2.75) is 31.9 Å². The molecule has 0 saturated carbocycles. The predicted octanol–water partition coefficient (Wildman–Crippen LogP) is 1.47. The van der Waals surface area contributed by atoms with Crippen LogP contribution in [-0.4, -0.2) is 40.5 Å². The number of hydrogen-bond acceptors (Lipinski definition) is 3. The largest absolute Gasteiger partial charge is 0.378 e. The van der Waals surface area contributed by atoms with E-state index in [1.807, 2.05) is 0 Å². The standard InChI is InChI=1S/C15H18ClFN2O3/c1-10(20)19-6-2-5-15(22,9-19)14(21)18-8-11-3-4-13(17)12(16)7-11/h3-4,7,22H,2,5-6,8-9H2,1H3,(H,18,21)/t15-/m0/s1. The highest BCUT2D eigenvalue weighted by atomic mass is 35.5. The number of halogens is 2. The molecular formula is C15H18ClFN2O3. The lowest BCUT2D eigenvalue weighted by Gasteiger charge is -2.37. The Hall–Kier alpha value is -1.66. The molecule has 7 heteroatoms. The molecule has 0 bridgehead atoms. The molecule has 2 amide bonds. The lowest BCUT2D eigenvalue weighted by atomic mass is 9.91. The molecule has 1 saturated heterocycles. The smallest absolute Gasteiger partial charge is 0.254 e. The number of aliphatic hydroxyl groups is 1. The summed E-state index contributed by atoms with van der Waals surface area (Å²) in [5, 5.41) is 13.0. The minimum Gasteiger partial charge on any atom is -0.378 e. The molecule has 1 aliphatic rings. The number of likely N-dealkylation sites (tertiary alicyclic amines) is 1. The summed E-state index contributed by atoms with van der Waals surface area (Å²) < 4.78 is 13.1. The number of nitrogens with one attached hydrogen (secondary N) is 1. The molecule has 0 aliphatic carbocycles. The first-order valence-electron chi connectivity index (χ1n) is 7.02. The summed E-state index contributed by atoms with van der Waals surface area (Å²) in [6, 6.07) is 4.15. The normalized spacial score (nSPS) is 21.5. The number of β-amino-alcohol motifs (C(OH)–C–C–N with tert-alkyl or cyclic N) is 1. The molecule has 22 heavy (non-hydrogen) atoms. The average Bonchev–Trinajstić information content (AvgIpc) is 2.48. The van der Waals surface area contributed by atoms with E-state index in [2.05, 4.69) is 5.32 Å². The van der Waals surface area contributed by atoms with Gasteiger partial charge in [-0.2, -0.15) is 0 Å². The van der Waals surface area contributed by atoms with Gasteiger partial charge in [0.25, 0.3) is 5.91 Å². The average molecular weight is 329 g/mol. The molecule has 1 aromatic rings. The quantitative estimate of drug-likeness (QED) is 0.882. The maximum atomic E-state index is 13.1. The molecule has 1 atom stereocenters. The van der Waals surface area contributed by atoms with E-state index in [1.165, 1.54) is 30.0 Å². The third-order valence-electron chi connectivity index (χ3n) is 3.78. The second kappa shape index (κ2) is 6.62.